The minimum atomic E-state index is -1.54. The number of Topliss-reactive ketones (excluding diaryl/α,β-unsaturated/α-hetero) is 2. The van der Waals surface area contributed by atoms with Crippen molar-refractivity contribution in [2.24, 2.45) is 46.3 Å². The molecule has 4 rings (SSSR count). The molecule has 7 heteroatoms. The third kappa shape index (κ3) is 3.90. The number of ketones is 2. The first kappa shape index (κ1) is 27.7. The van der Waals surface area contributed by atoms with Crippen LogP contribution < -0.4 is 0 Å². The van der Waals surface area contributed by atoms with E-state index in [1.165, 1.54) is 21.0 Å². The monoisotopic (exact) mass is 506 g/mol. The van der Waals surface area contributed by atoms with Crippen molar-refractivity contribution in [3.63, 3.8) is 0 Å². The van der Waals surface area contributed by atoms with Gasteiger partial charge in [0.1, 0.15) is 11.2 Å². The standard InChI is InChI=1S/C29H46O7/c1-16(7-10-24(33)36-6)20-8-9-21-25-22(13-23(32)27(20,21)5)26(4)11-12-28(34,17(2)30)14-19(26)15-29(25,35)18(3)31/h16,19-23,25,32,34-35H,7-15H2,1-6H3/t16-,19+,20-,21+,22+,23+,25+,26+,27-,28-,29+/m1/s1. The molecule has 3 N–H and O–H groups in total. The second-order valence-electron chi connectivity index (χ2n) is 13.3. The summed E-state index contributed by atoms with van der Waals surface area (Å²) < 4.78 is 4.83. The molecule has 7 nitrogen and oxygen atoms in total. The summed E-state index contributed by atoms with van der Waals surface area (Å²) in [5.41, 5.74) is -3.69. The molecule has 0 saturated heterocycles. The van der Waals surface area contributed by atoms with Crippen molar-refractivity contribution in [2.75, 3.05) is 7.11 Å². The number of fused-ring (bicyclic) bond motifs is 5. The van der Waals surface area contributed by atoms with Gasteiger partial charge in [-0.15, -0.1) is 0 Å². The molecular weight excluding hydrogens is 460 g/mol. The van der Waals surface area contributed by atoms with Gasteiger partial charge in [-0.1, -0.05) is 20.8 Å². The van der Waals surface area contributed by atoms with Crippen LogP contribution in [0.3, 0.4) is 0 Å². The molecule has 0 amide bonds. The van der Waals surface area contributed by atoms with Crippen LogP contribution in [0.5, 0.6) is 0 Å². The summed E-state index contributed by atoms with van der Waals surface area (Å²) >= 11 is 0. The average Bonchev–Trinajstić information content (AvgIpc) is 3.17. The van der Waals surface area contributed by atoms with E-state index < -0.39 is 22.7 Å². The average molecular weight is 507 g/mol. The van der Waals surface area contributed by atoms with Gasteiger partial charge in [0.15, 0.2) is 11.6 Å². The number of carbonyl (C=O) groups is 3. The minimum absolute atomic E-state index is 0.0166. The molecule has 0 aromatic rings. The fourth-order valence-corrected chi connectivity index (χ4v) is 9.56. The molecule has 0 aromatic carbocycles. The van der Waals surface area contributed by atoms with E-state index >= 15 is 0 Å². The Kier molecular flexibility index (Phi) is 7.05. The van der Waals surface area contributed by atoms with Crippen molar-refractivity contribution >= 4 is 17.5 Å². The number of esters is 1. The summed E-state index contributed by atoms with van der Waals surface area (Å²) in [6.07, 6.45) is 4.17. The number of hydrogen-bond donors (Lipinski definition) is 3. The largest absolute Gasteiger partial charge is 0.469 e. The van der Waals surface area contributed by atoms with Crippen molar-refractivity contribution in [2.45, 2.75) is 110 Å². The lowest BCUT2D eigenvalue weighted by atomic mass is 9.39. The van der Waals surface area contributed by atoms with Gasteiger partial charge >= 0.3 is 5.97 Å². The van der Waals surface area contributed by atoms with Crippen molar-refractivity contribution in [1.29, 1.82) is 0 Å². The Morgan fingerprint density at radius 1 is 1.00 bits per heavy atom. The number of hydrogen-bond acceptors (Lipinski definition) is 7. The van der Waals surface area contributed by atoms with E-state index in [4.69, 9.17) is 4.74 Å². The number of aliphatic hydroxyl groups excluding tert-OH is 1. The molecule has 11 atom stereocenters. The maximum absolute atomic E-state index is 13.2. The van der Waals surface area contributed by atoms with E-state index in [2.05, 4.69) is 20.8 Å². The predicted molar refractivity (Wildman–Crippen MR) is 134 cm³/mol. The van der Waals surface area contributed by atoms with E-state index in [1.54, 1.807) is 0 Å². The Morgan fingerprint density at radius 2 is 1.67 bits per heavy atom. The minimum Gasteiger partial charge on any atom is -0.469 e. The van der Waals surface area contributed by atoms with E-state index in [9.17, 15) is 29.7 Å². The maximum atomic E-state index is 13.2. The second kappa shape index (κ2) is 9.16. The lowest BCUT2D eigenvalue weighted by molar-refractivity contribution is -0.242. The van der Waals surface area contributed by atoms with Crippen molar-refractivity contribution in [1.82, 2.24) is 0 Å². The molecule has 0 radical (unpaired) electrons. The fraction of sp³-hybridized carbons (Fsp3) is 0.897. The summed E-state index contributed by atoms with van der Waals surface area (Å²) in [6.45, 7) is 9.35. The topological polar surface area (TPSA) is 121 Å². The Hall–Kier alpha value is -1.31. The highest BCUT2D eigenvalue weighted by atomic mass is 16.5. The molecule has 36 heavy (non-hydrogen) atoms. The van der Waals surface area contributed by atoms with E-state index in [-0.39, 0.29) is 71.3 Å². The molecule has 4 saturated carbocycles. The molecule has 0 heterocycles. The van der Waals surface area contributed by atoms with Gasteiger partial charge in [-0.3, -0.25) is 14.4 Å². The molecule has 0 aliphatic heterocycles. The summed E-state index contributed by atoms with van der Waals surface area (Å²) in [5.74, 6) is -0.899. The highest BCUT2D eigenvalue weighted by Gasteiger charge is 2.70. The van der Waals surface area contributed by atoms with Crippen LogP contribution in [0.1, 0.15) is 92.4 Å². The molecule has 0 bridgehead atoms. The third-order valence-corrected chi connectivity index (χ3v) is 12.0. The van der Waals surface area contributed by atoms with Gasteiger partial charge in [-0.2, -0.15) is 0 Å². The summed E-state index contributed by atoms with van der Waals surface area (Å²) in [4.78, 5) is 37.2. The summed E-state index contributed by atoms with van der Waals surface area (Å²) in [5, 5.41) is 34.9. The first-order valence-corrected chi connectivity index (χ1v) is 13.9. The number of carbonyl (C=O) groups excluding carboxylic acids is 3. The van der Waals surface area contributed by atoms with Gasteiger partial charge < -0.3 is 20.1 Å². The van der Waals surface area contributed by atoms with Crippen LogP contribution in [-0.4, -0.2) is 57.3 Å². The Labute approximate surface area is 215 Å². The Balaban J connectivity index is 1.70. The van der Waals surface area contributed by atoms with Crippen molar-refractivity contribution < 1.29 is 34.4 Å². The zero-order valence-corrected chi connectivity index (χ0v) is 22.9. The number of rotatable bonds is 6. The van der Waals surface area contributed by atoms with Crippen LogP contribution in [0.2, 0.25) is 0 Å². The molecule has 0 spiro atoms. The highest BCUT2D eigenvalue weighted by molar-refractivity contribution is 5.86. The molecular formula is C29H46O7. The number of aliphatic hydroxyl groups is 3. The zero-order chi connectivity index (χ0) is 26.8. The molecule has 4 aliphatic rings. The zero-order valence-electron chi connectivity index (χ0n) is 22.9. The molecule has 0 unspecified atom stereocenters. The van der Waals surface area contributed by atoms with Gasteiger partial charge in [-0.25, -0.2) is 0 Å². The Morgan fingerprint density at radius 3 is 2.25 bits per heavy atom. The molecule has 4 fully saturated rings. The van der Waals surface area contributed by atoms with Crippen molar-refractivity contribution in [3.8, 4) is 0 Å². The van der Waals surface area contributed by atoms with Gasteiger partial charge in [-0.05, 0) is 106 Å². The predicted octanol–water partition coefficient (Wildman–Crippen LogP) is 3.46. The fourth-order valence-electron chi connectivity index (χ4n) is 9.56. The van der Waals surface area contributed by atoms with Crippen LogP contribution in [-0.2, 0) is 19.1 Å². The number of methoxy groups -OCH3 is 1. The highest BCUT2D eigenvalue weighted by Crippen LogP contribution is 2.70. The van der Waals surface area contributed by atoms with Crippen LogP contribution in [0.15, 0.2) is 0 Å². The second-order valence-corrected chi connectivity index (χ2v) is 13.3. The van der Waals surface area contributed by atoms with Gasteiger partial charge in [0.05, 0.1) is 13.2 Å². The normalized spacial score (nSPS) is 48.8. The first-order valence-electron chi connectivity index (χ1n) is 13.9. The van der Waals surface area contributed by atoms with Crippen LogP contribution >= 0.6 is 0 Å². The lowest BCUT2D eigenvalue weighted by Gasteiger charge is -2.66. The third-order valence-electron chi connectivity index (χ3n) is 12.0. The molecule has 0 aromatic heterocycles. The smallest absolute Gasteiger partial charge is 0.305 e. The quantitative estimate of drug-likeness (QED) is 0.472. The van der Waals surface area contributed by atoms with Crippen LogP contribution in [0.4, 0.5) is 0 Å². The molecule has 4 aliphatic carbocycles. The van der Waals surface area contributed by atoms with Gasteiger partial charge in [0.25, 0.3) is 0 Å². The van der Waals surface area contributed by atoms with Crippen LogP contribution in [0.25, 0.3) is 0 Å². The van der Waals surface area contributed by atoms with E-state index in [0.29, 0.717) is 32.1 Å². The van der Waals surface area contributed by atoms with Crippen molar-refractivity contribution in [3.05, 3.63) is 0 Å². The van der Waals surface area contributed by atoms with Gasteiger partial charge in [0.2, 0.25) is 0 Å². The van der Waals surface area contributed by atoms with E-state index in [1.807, 2.05) is 0 Å². The SMILES string of the molecule is COC(=O)CC[C@@H](C)[C@H]1CC[C@H]2[C@H]3[C@H](C[C@H](O)[C@]12C)[C@@]1(C)CC[C@](O)(C(C)=O)C[C@H]1C[C@]3(O)C(C)=O. The summed E-state index contributed by atoms with van der Waals surface area (Å²) in [6, 6.07) is 0. The lowest BCUT2D eigenvalue weighted by Crippen LogP contribution is -2.69. The summed E-state index contributed by atoms with van der Waals surface area (Å²) in [7, 11) is 1.40. The number of ether oxygens (including phenoxy) is 1. The van der Waals surface area contributed by atoms with E-state index in [0.717, 1.165) is 12.8 Å². The first-order chi connectivity index (χ1) is 16.6. The van der Waals surface area contributed by atoms with Crippen LogP contribution in [0, 0.1) is 46.3 Å². The van der Waals surface area contributed by atoms with Gasteiger partial charge in [0, 0.05) is 12.3 Å². The molecule has 204 valence electrons. The maximum Gasteiger partial charge on any atom is 0.305 e. The Bertz CT molecular complexity index is 917.